The minimum Gasteiger partial charge on any atom is -0.366 e. The molecule has 7 nitrogen and oxygen atoms in total. The van der Waals surface area contributed by atoms with E-state index in [1.54, 1.807) is 11.8 Å². The monoisotopic (exact) mass is 294 g/mol. The van der Waals surface area contributed by atoms with E-state index in [4.69, 9.17) is 0 Å². The first-order valence-corrected chi connectivity index (χ1v) is 8.26. The predicted octanol–water partition coefficient (Wildman–Crippen LogP) is 2.14. The Labute approximate surface area is 121 Å². The highest BCUT2D eigenvalue weighted by molar-refractivity contribution is 7.98. The van der Waals surface area contributed by atoms with Crippen LogP contribution < -0.4 is 10.6 Å². The summed E-state index contributed by atoms with van der Waals surface area (Å²) < 4.78 is 4.69. The third kappa shape index (κ3) is 2.95. The van der Waals surface area contributed by atoms with Crippen LogP contribution in [0.15, 0.2) is 4.63 Å². The highest BCUT2D eigenvalue weighted by Crippen LogP contribution is 2.25. The summed E-state index contributed by atoms with van der Waals surface area (Å²) in [6, 6.07) is 0.475. The lowest BCUT2D eigenvalue weighted by Crippen LogP contribution is -2.18. The summed E-state index contributed by atoms with van der Waals surface area (Å²) in [7, 11) is 0. The van der Waals surface area contributed by atoms with E-state index in [-0.39, 0.29) is 0 Å². The molecular formula is C12H18N6OS. The number of nitrogens with zero attached hydrogens (tertiary/aromatic N) is 4. The number of fused-ring (bicyclic) bond motifs is 1. The number of thioether (sulfide) groups is 1. The summed E-state index contributed by atoms with van der Waals surface area (Å²) in [6.07, 6.45) is 6.99. The third-order valence-electron chi connectivity index (χ3n) is 3.41. The third-order valence-corrected chi connectivity index (χ3v) is 4.02. The van der Waals surface area contributed by atoms with E-state index < -0.39 is 0 Å². The molecule has 0 spiro atoms. The van der Waals surface area contributed by atoms with Crippen molar-refractivity contribution in [3.63, 3.8) is 0 Å². The second-order valence-electron chi connectivity index (χ2n) is 4.88. The quantitative estimate of drug-likeness (QED) is 0.783. The Balaban J connectivity index is 1.82. The highest BCUT2D eigenvalue weighted by Gasteiger charge is 2.19. The Bertz CT molecular complexity index is 568. The zero-order valence-electron chi connectivity index (χ0n) is 11.4. The first-order valence-electron chi connectivity index (χ1n) is 6.86. The lowest BCUT2D eigenvalue weighted by atomic mass is 10.2. The van der Waals surface area contributed by atoms with Crippen LogP contribution in [0, 0.1) is 0 Å². The van der Waals surface area contributed by atoms with Crippen LogP contribution in [0.3, 0.4) is 0 Å². The van der Waals surface area contributed by atoms with Gasteiger partial charge >= 0.3 is 0 Å². The molecule has 1 fully saturated rings. The molecule has 3 rings (SSSR count). The van der Waals surface area contributed by atoms with Crippen molar-refractivity contribution in [1.29, 1.82) is 0 Å². The lowest BCUT2D eigenvalue weighted by molar-refractivity contribution is 0.314. The van der Waals surface area contributed by atoms with E-state index in [9.17, 15) is 0 Å². The summed E-state index contributed by atoms with van der Waals surface area (Å²) in [5, 5.41) is 14.3. The van der Waals surface area contributed by atoms with Gasteiger partial charge in [0.15, 0.2) is 11.6 Å². The van der Waals surface area contributed by atoms with Gasteiger partial charge in [-0.3, -0.25) is 0 Å². The van der Waals surface area contributed by atoms with Crippen molar-refractivity contribution >= 4 is 34.7 Å². The predicted molar refractivity (Wildman–Crippen MR) is 80.1 cm³/mol. The van der Waals surface area contributed by atoms with Crippen molar-refractivity contribution in [3.8, 4) is 0 Å². The molecule has 2 heterocycles. The molecule has 2 aromatic heterocycles. The Morgan fingerprint density at radius 3 is 2.55 bits per heavy atom. The zero-order chi connectivity index (χ0) is 13.8. The lowest BCUT2D eigenvalue weighted by Gasteiger charge is -2.15. The van der Waals surface area contributed by atoms with Crippen molar-refractivity contribution in [1.82, 2.24) is 20.3 Å². The van der Waals surface area contributed by atoms with Gasteiger partial charge in [-0.15, -0.1) is 0 Å². The summed E-state index contributed by atoms with van der Waals surface area (Å²) in [5.41, 5.74) is 0.884. The second kappa shape index (κ2) is 6.25. The van der Waals surface area contributed by atoms with Gasteiger partial charge in [-0.2, -0.15) is 11.8 Å². The fourth-order valence-electron chi connectivity index (χ4n) is 2.40. The van der Waals surface area contributed by atoms with Crippen LogP contribution in [0.2, 0.25) is 0 Å². The van der Waals surface area contributed by atoms with Gasteiger partial charge in [-0.25, -0.2) is 14.6 Å². The maximum atomic E-state index is 4.69. The van der Waals surface area contributed by atoms with Gasteiger partial charge in [0.25, 0.3) is 0 Å². The van der Waals surface area contributed by atoms with Gasteiger partial charge in [-0.05, 0) is 29.4 Å². The second-order valence-corrected chi connectivity index (χ2v) is 5.86. The van der Waals surface area contributed by atoms with Gasteiger partial charge in [0.05, 0.1) is 0 Å². The van der Waals surface area contributed by atoms with Gasteiger partial charge in [-0.1, -0.05) is 12.8 Å². The Hall–Kier alpha value is -1.57. The fourth-order valence-corrected chi connectivity index (χ4v) is 2.70. The minimum atomic E-state index is 0.439. The van der Waals surface area contributed by atoms with Crippen LogP contribution >= 0.6 is 11.8 Å². The smallest absolute Gasteiger partial charge is 0.245 e. The molecule has 8 heteroatoms. The molecule has 0 bridgehead atoms. The van der Waals surface area contributed by atoms with Gasteiger partial charge in [0.1, 0.15) is 0 Å². The van der Waals surface area contributed by atoms with Crippen LogP contribution in [0.25, 0.3) is 11.3 Å². The number of anilines is 2. The molecule has 0 saturated heterocycles. The number of aromatic nitrogens is 4. The van der Waals surface area contributed by atoms with E-state index in [0.29, 0.717) is 17.3 Å². The van der Waals surface area contributed by atoms with Crippen LogP contribution in [-0.4, -0.2) is 44.9 Å². The largest absolute Gasteiger partial charge is 0.366 e. The molecule has 2 N–H and O–H groups in total. The zero-order valence-corrected chi connectivity index (χ0v) is 12.2. The molecule has 0 atom stereocenters. The molecule has 0 aliphatic heterocycles. The van der Waals surface area contributed by atoms with Crippen LogP contribution in [0.5, 0.6) is 0 Å². The molecule has 0 unspecified atom stereocenters. The molecular weight excluding hydrogens is 276 g/mol. The van der Waals surface area contributed by atoms with E-state index in [0.717, 1.165) is 23.9 Å². The summed E-state index contributed by atoms with van der Waals surface area (Å²) in [6.45, 7) is 0.839. The number of hydrogen-bond acceptors (Lipinski definition) is 8. The van der Waals surface area contributed by atoms with Crippen molar-refractivity contribution in [2.75, 3.05) is 29.2 Å². The molecule has 1 aliphatic rings. The molecule has 2 aromatic rings. The van der Waals surface area contributed by atoms with Crippen molar-refractivity contribution in [2.24, 2.45) is 0 Å². The SMILES string of the molecule is CSCCNc1nc2nonc2nc1NC1CCCC1. The normalized spacial score (nSPS) is 15.8. The van der Waals surface area contributed by atoms with Crippen molar-refractivity contribution < 1.29 is 4.63 Å². The first-order chi connectivity index (χ1) is 9.86. The first kappa shape index (κ1) is 13.4. The van der Waals surface area contributed by atoms with Crippen LogP contribution in [0.4, 0.5) is 11.6 Å². The van der Waals surface area contributed by atoms with Crippen molar-refractivity contribution in [2.45, 2.75) is 31.7 Å². The Morgan fingerprint density at radius 1 is 1.15 bits per heavy atom. The Morgan fingerprint density at radius 2 is 1.85 bits per heavy atom. The minimum absolute atomic E-state index is 0.439. The molecule has 20 heavy (non-hydrogen) atoms. The molecule has 0 aromatic carbocycles. The Kier molecular flexibility index (Phi) is 4.19. The summed E-state index contributed by atoms with van der Waals surface area (Å²) in [4.78, 5) is 8.90. The number of hydrogen-bond donors (Lipinski definition) is 2. The summed E-state index contributed by atoms with van der Waals surface area (Å²) in [5.74, 6) is 2.50. The maximum absolute atomic E-state index is 4.69. The van der Waals surface area contributed by atoms with E-state index >= 15 is 0 Å². The average molecular weight is 294 g/mol. The van der Waals surface area contributed by atoms with E-state index in [2.05, 4.69) is 41.8 Å². The van der Waals surface area contributed by atoms with Crippen molar-refractivity contribution in [3.05, 3.63) is 0 Å². The standard InChI is InChI=1S/C12H18N6OS/c1-20-7-6-13-9-10(14-8-4-2-3-5-8)16-12-11(15-9)17-19-18-12/h8H,2-7H2,1H3,(H,13,15,17)(H,14,16,18). The molecule has 108 valence electrons. The topological polar surface area (TPSA) is 88.8 Å². The number of nitrogens with one attached hydrogen (secondary N) is 2. The van der Waals surface area contributed by atoms with Gasteiger partial charge < -0.3 is 10.6 Å². The molecule has 1 saturated carbocycles. The highest BCUT2D eigenvalue weighted by atomic mass is 32.2. The maximum Gasteiger partial charge on any atom is 0.245 e. The summed E-state index contributed by atoms with van der Waals surface area (Å²) >= 11 is 1.79. The van der Waals surface area contributed by atoms with Gasteiger partial charge in [0, 0.05) is 18.3 Å². The average Bonchev–Trinajstić information content (AvgIpc) is 3.10. The number of rotatable bonds is 6. The van der Waals surface area contributed by atoms with E-state index in [1.165, 1.54) is 25.7 Å². The van der Waals surface area contributed by atoms with E-state index in [1.807, 2.05) is 0 Å². The van der Waals surface area contributed by atoms with Crippen LogP contribution in [-0.2, 0) is 0 Å². The van der Waals surface area contributed by atoms with Crippen LogP contribution in [0.1, 0.15) is 25.7 Å². The van der Waals surface area contributed by atoms with Gasteiger partial charge in [0.2, 0.25) is 11.3 Å². The molecule has 0 radical (unpaired) electrons. The fraction of sp³-hybridized carbons (Fsp3) is 0.667. The molecule has 1 aliphatic carbocycles. The molecule has 0 amide bonds.